The van der Waals surface area contributed by atoms with Gasteiger partial charge in [-0.05, 0) is 12.8 Å². The Bertz CT molecular complexity index is 46.5. The topological polar surface area (TPSA) is 29.5 Å². The highest BCUT2D eigenvalue weighted by atomic mass is 17.1. The third-order valence-electron chi connectivity index (χ3n) is 1.61. The lowest BCUT2D eigenvalue weighted by Crippen LogP contribution is -2.15. The molecule has 0 aromatic rings. The van der Waals surface area contributed by atoms with Gasteiger partial charge in [0.2, 0.25) is 0 Å². The fraction of sp³-hybridized carbons (Fsp3) is 1.00. The first kappa shape index (κ1) is 7.92. The molecule has 50 valence electrons. The van der Waals surface area contributed by atoms with Crippen LogP contribution < -0.4 is 0 Å². The second-order valence-corrected chi connectivity index (χ2v) is 2.20. The molecule has 2 unspecified atom stereocenters. The van der Waals surface area contributed by atoms with Gasteiger partial charge in [0.1, 0.15) is 0 Å². The molecule has 0 saturated heterocycles. The second-order valence-electron chi connectivity index (χ2n) is 2.20. The van der Waals surface area contributed by atoms with Gasteiger partial charge in [0, 0.05) is 0 Å². The Morgan fingerprint density at radius 2 is 2.00 bits per heavy atom. The van der Waals surface area contributed by atoms with Gasteiger partial charge in [0.05, 0.1) is 6.10 Å². The molecule has 0 spiro atoms. The number of rotatable bonds is 3. The predicted molar refractivity (Wildman–Crippen MR) is 32.6 cm³/mol. The van der Waals surface area contributed by atoms with Crippen LogP contribution in [0.25, 0.3) is 0 Å². The maximum absolute atomic E-state index is 8.14. The minimum atomic E-state index is -0.0278. The van der Waals surface area contributed by atoms with Crippen molar-refractivity contribution in [1.29, 1.82) is 0 Å². The van der Waals surface area contributed by atoms with Gasteiger partial charge >= 0.3 is 0 Å². The summed E-state index contributed by atoms with van der Waals surface area (Å²) in [5, 5.41) is 8.14. The van der Waals surface area contributed by atoms with Crippen molar-refractivity contribution in [2.45, 2.75) is 33.3 Å². The van der Waals surface area contributed by atoms with Crippen LogP contribution in [0, 0.1) is 5.92 Å². The molecule has 0 heterocycles. The minimum Gasteiger partial charge on any atom is -0.252 e. The van der Waals surface area contributed by atoms with Crippen molar-refractivity contribution < 1.29 is 10.1 Å². The molecule has 0 radical (unpaired) electrons. The summed E-state index contributed by atoms with van der Waals surface area (Å²) in [4.78, 5) is 4.10. The molecule has 0 aromatic carbocycles. The smallest absolute Gasteiger partial charge is 0.0924 e. The van der Waals surface area contributed by atoms with Crippen LogP contribution in [0.15, 0.2) is 0 Å². The van der Waals surface area contributed by atoms with E-state index < -0.39 is 0 Å². The van der Waals surface area contributed by atoms with Gasteiger partial charge in [-0.3, -0.25) is 5.26 Å². The Morgan fingerprint density at radius 3 is 2.12 bits per heavy atom. The minimum absolute atomic E-state index is 0.0278. The molecule has 0 amide bonds. The molecule has 1 N–H and O–H groups in total. The number of hydrogen-bond acceptors (Lipinski definition) is 2. The molecular formula is C6H14O2. The van der Waals surface area contributed by atoms with Crippen molar-refractivity contribution in [3.05, 3.63) is 0 Å². The SMILES string of the molecule is CCC(C)C(C)OO. The van der Waals surface area contributed by atoms with Crippen LogP contribution >= 0.6 is 0 Å². The van der Waals surface area contributed by atoms with Crippen molar-refractivity contribution in [3.63, 3.8) is 0 Å². The molecule has 0 aliphatic carbocycles. The third-order valence-corrected chi connectivity index (χ3v) is 1.61. The van der Waals surface area contributed by atoms with E-state index in [4.69, 9.17) is 5.26 Å². The van der Waals surface area contributed by atoms with Gasteiger partial charge in [-0.15, -0.1) is 0 Å². The van der Waals surface area contributed by atoms with Crippen molar-refractivity contribution in [1.82, 2.24) is 0 Å². The maximum atomic E-state index is 8.14. The van der Waals surface area contributed by atoms with Crippen LogP contribution in [0.4, 0.5) is 0 Å². The van der Waals surface area contributed by atoms with E-state index >= 15 is 0 Å². The first-order valence-electron chi connectivity index (χ1n) is 3.02. The zero-order chi connectivity index (χ0) is 6.57. The van der Waals surface area contributed by atoms with Crippen LogP contribution in [0.5, 0.6) is 0 Å². The molecule has 2 atom stereocenters. The Balaban J connectivity index is 3.29. The van der Waals surface area contributed by atoms with Gasteiger partial charge in [-0.2, -0.15) is 0 Å². The highest BCUT2D eigenvalue weighted by Gasteiger charge is 2.08. The summed E-state index contributed by atoms with van der Waals surface area (Å²) in [6.45, 7) is 5.97. The largest absolute Gasteiger partial charge is 0.252 e. The lowest BCUT2D eigenvalue weighted by atomic mass is 10.0. The monoisotopic (exact) mass is 118 g/mol. The normalized spacial score (nSPS) is 18.0. The Hall–Kier alpha value is -0.0800. The Kier molecular flexibility index (Phi) is 3.83. The van der Waals surface area contributed by atoms with Crippen molar-refractivity contribution in [2.75, 3.05) is 0 Å². The molecule has 0 fully saturated rings. The quantitative estimate of drug-likeness (QED) is 0.453. The summed E-state index contributed by atoms with van der Waals surface area (Å²) in [6.07, 6.45) is 1.02. The molecule has 0 aliphatic rings. The van der Waals surface area contributed by atoms with Crippen molar-refractivity contribution in [3.8, 4) is 0 Å². The summed E-state index contributed by atoms with van der Waals surface area (Å²) < 4.78 is 0. The van der Waals surface area contributed by atoms with Crippen LogP contribution in [0.3, 0.4) is 0 Å². The average molecular weight is 118 g/mol. The van der Waals surface area contributed by atoms with E-state index in [1.165, 1.54) is 0 Å². The zero-order valence-corrected chi connectivity index (χ0v) is 5.72. The van der Waals surface area contributed by atoms with E-state index in [1.54, 1.807) is 0 Å². The summed E-state index contributed by atoms with van der Waals surface area (Å²) in [5.74, 6) is 0.444. The fourth-order valence-corrected chi connectivity index (χ4v) is 0.436. The van der Waals surface area contributed by atoms with Crippen LogP contribution in [-0.2, 0) is 4.89 Å². The molecule has 0 rings (SSSR count). The lowest BCUT2D eigenvalue weighted by Gasteiger charge is -2.12. The van der Waals surface area contributed by atoms with Gasteiger partial charge in [-0.1, -0.05) is 20.3 Å². The van der Waals surface area contributed by atoms with E-state index in [1.807, 2.05) is 13.8 Å². The first-order valence-corrected chi connectivity index (χ1v) is 3.02. The molecule has 0 saturated carbocycles. The van der Waals surface area contributed by atoms with Crippen molar-refractivity contribution in [2.24, 2.45) is 5.92 Å². The molecule has 0 aliphatic heterocycles. The lowest BCUT2D eigenvalue weighted by molar-refractivity contribution is -0.284. The maximum Gasteiger partial charge on any atom is 0.0924 e. The van der Waals surface area contributed by atoms with Gasteiger partial charge in [0.15, 0.2) is 0 Å². The zero-order valence-electron chi connectivity index (χ0n) is 5.72. The second kappa shape index (κ2) is 3.87. The summed E-state index contributed by atoms with van der Waals surface area (Å²) >= 11 is 0. The van der Waals surface area contributed by atoms with Gasteiger partial charge < -0.3 is 0 Å². The molecule has 0 bridgehead atoms. The average Bonchev–Trinajstić information content (AvgIpc) is 1.84. The molecule has 2 nitrogen and oxygen atoms in total. The van der Waals surface area contributed by atoms with Crippen molar-refractivity contribution >= 4 is 0 Å². The molecule has 2 heteroatoms. The third kappa shape index (κ3) is 2.28. The van der Waals surface area contributed by atoms with Gasteiger partial charge in [-0.25, -0.2) is 4.89 Å². The van der Waals surface area contributed by atoms with E-state index in [0.29, 0.717) is 5.92 Å². The Labute approximate surface area is 50.4 Å². The van der Waals surface area contributed by atoms with E-state index in [0.717, 1.165) is 6.42 Å². The predicted octanol–water partition coefficient (Wildman–Crippen LogP) is 1.91. The highest BCUT2D eigenvalue weighted by Crippen LogP contribution is 2.08. The van der Waals surface area contributed by atoms with E-state index in [2.05, 4.69) is 11.8 Å². The highest BCUT2D eigenvalue weighted by molar-refractivity contribution is 4.55. The van der Waals surface area contributed by atoms with Crippen LogP contribution in [0.2, 0.25) is 0 Å². The summed E-state index contributed by atoms with van der Waals surface area (Å²) in [6, 6.07) is 0. The van der Waals surface area contributed by atoms with E-state index in [9.17, 15) is 0 Å². The first-order chi connectivity index (χ1) is 3.72. The summed E-state index contributed by atoms with van der Waals surface area (Å²) in [7, 11) is 0. The van der Waals surface area contributed by atoms with E-state index in [-0.39, 0.29) is 6.10 Å². The molecule has 8 heavy (non-hydrogen) atoms. The standard InChI is InChI=1S/C6H14O2/c1-4-5(2)6(3)8-7/h5-7H,4H2,1-3H3. The van der Waals surface area contributed by atoms with Crippen LogP contribution in [-0.4, -0.2) is 11.4 Å². The fourth-order valence-electron chi connectivity index (χ4n) is 0.436. The Morgan fingerprint density at radius 1 is 1.50 bits per heavy atom. The molecular weight excluding hydrogens is 104 g/mol. The molecule has 0 aromatic heterocycles. The van der Waals surface area contributed by atoms with Crippen LogP contribution in [0.1, 0.15) is 27.2 Å². The van der Waals surface area contributed by atoms with Gasteiger partial charge in [0.25, 0.3) is 0 Å². The number of hydrogen-bond donors (Lipinski definition) is 1. The summed E-state index contributed by atoms with van der Waals surface area (Å²) in [5.41, 5.74) is 0.